The van der Waals surface area contributed by atoms with Crippen LogP contribution in [0.1, 0.15) is 0 Å². The lowest BCUT2D eigenvalue weighted by Gasteiger charge is -2.37. The largest absolute Gasteiger partial charge is 0.478 e. The Bertz CT molecular complexity index is 892. The zero-order chi connectivity index (χ0) is 20.1. The number of benzene rings is 2. The van der Waals surface area contributed by atoms with Gasteiger partial charge in [0.1, 0.15) is 0 Å². The Morgan fingerprint density at radius 2 is 1.57 bits per heavy atom. The number of amides is 1. The number of carbonyl (C=O) groups excluding carboxylic acids is 1. The van der Waals surface area contributed by atoms with Crippen LogP contribution in [0.25, 0.3) is 0 Å². The molecule has 1 fully saturated rings. The van der Waals surface area contributed by atoms with E-state index in [1.54, 1.807) is 18.2 Å². The molecule has 0 spiro atoms. The monoisotopic (exact) mass is 419 g/mol. The van der Waals surface area contributed by atoms with E-state index in [2.05, 4.69) is 15.1 Å². The first-order valence-electron chi connectivity index (χ1n) is 8.70. The van der Waals surface area contributed by atoms with Crippen molar-refractivity contribution in [3.63, 3.8) is 0 Å². The lowest BCUT2D eigenvalue weighted by molar-refractivity contribution is -0.131. The SMILES string of the molecule is O=C(O)/C=C/C(=O)Nc1ccc(N2CCN(c3cccc(Cl)c3Cl)CC2)cc1. The zero-order valence-corrected chi connectivity index (χ0v) is 16.5. The molecule has 1 saturated heterocycles. The second-order valence-electron chi connectivity index (χ2n) is 6.25. The van der Waals surface area contributed by atoms with E-state index in [1.165, 1.54) is 0 Å². The van der Waals surface area contributed by atoms with Crippen LogP contribution in [0.15, 0.2) is 54.6 Å². The Kier molecular flexibility index (Phi) is 6.44. The molecular formula is C20H19Cl2N3O3. The van der Waals surface area contributed by atoms with Crippen LogP contribution in [0, 0.1) is 0 Å². The Balaban J connectivity index is 1.58. The van der Waals surface area contributed by atoms with Gasteiger partial charge < -0.3 is 20.2 Å². The third-order valence-corrected chi connectivity index (χ3v) is 5.24. The van der Waals surface area contributed by atoms with Gasteiger partial charge >= 0.3 is 5.97 Å². The lowest BCUT2D eigenvalue weighted by atomic mass is 10.2. The number of rotatable bonds is 5. The fourth-order valence-corrected chi connectivity index (χ4v) is 3.44. The first-order chi connectivity index (χ1) is 13.4. The molecule has 2 aromatic rings. The van der Waals surface area contributed by atoms with Crippen LogP contribution in [0.3, 0.4) is 0 Å². The first-order valence-corrected chi connectivity index (χ1v) is 9.45. The molecule has 2 aromatic carbocycles. The van der Waals surface area contributed by atoms with Crippen LogP contribution >= 0.6 is 23.2 Å². The molecule has 146 valence electrons. The van der Waals surface area contributed by atoms with E-state index in [0.29, 0.717) is 15.7 Å². The van der Waals surface area contributed by atoms with E-state index in [4.69, 9.17) is 28.3 Å². The number of carboxylic acid groups (broad SMARTS) is 1. The van der Waals surface area contributed by atoms with Gasteiger partial charge in [0, 0.05) is 49.7 Å². The van der Waals surface area contributed by atoms with Crippen LogP contribution in [-0.4, -0.2) is 43.2 Å². The Morgan fingerprint density at radius 3 is 2.21 bits per heavy atom. The van der Waals surface area contributed by atoms with E-state index in [9.17, 15) is 9.59 Å². The summed E-state index contributed by atoms with van der Waals surface area (Å²) in [6.07, 6.45) is 1.78. The topological polar surface area (TPSA) is 72.9 Å². The van der Waals surface area contributed by atoms with Crippen LogP contribution < -0.4 is 15.1 Å². The summed E-state index contributed by atoms with van der Waals surface area (Å²) in [6.45, 7) is 3.29. The molecule has 1 aliphatic rings. The molecule has 6 nitrogen and oxygen atoms in total. The van der Waals surface area contributed by atoms with Crippen molar-refractivity contribution in [1.82, 2.24) is 0 Å². The van der Waals surface area contributed by atoms with Crippen molar-refractivity contribution in [2.24, 2.45) is 0 Å². The molecular weight excluding hydrogens is 401 g/mol. The highest BCUT2D eigenvalue weighted by atomic mass is 35.5. The van der Waals surface area contributed by atoms with Gasteiger partial charge in [0.15, 0.2) is 0 Å². The van der Waals surface area contributed by atoms with Crippen molar-refractivity contribution < 1.29 is 14.7 Å². The van der Waals surface area contributed by atoms with Crippen LogP contribution in [0.4, 0.5) is 17.1 Å². The van der Waals surface area contributed by atoms with E-state index in [0.717, 1.165) is 49.7 Å². The molecule has 0 aliphatic carbocycles. The number of nitrogens with zero attached hydrogens (tertiary/aromatic N) is 2. The summed E-state index contributed by atoms with van der Waals surface area (Å²) < 4.78 is 0. The summed E-state index contributed by atoms with van der Waals surface area (Å²) in [5.41, 5.74) is 2.60. The molecule has 8 heteroatoms. The third-order valence-electron chi connectivity index (χ3n) is 4.43. The number of piperazine rings is 1. The molecule has 0 aromatic heterocycles. The van der Waals surface area contributed by atoms with Crippen molar-refractivity contribution in [3.8, 4) is 0 Å². The highest BCUT2D eigenvalue weighted by Gasteiger charge is 2.20. The molecule has 0 saturated carbocycles. The fraction of sp³-hybridized carbons (Fsp3) is 0.200. The van der Waals surface area contributed by atoms with Crippen LogP contribution in [0.5, 0.6) is 0 Å². The summed E-state index contributed by atoms with van der Waals surface area (Å²) in [5.74, 6) is -1.65. The van der Waals surface area contributed by atoms with E-state index in [-0.39, 0.29) is 0 Å². The molecule has 28 heavy (non-hydrogen) atoms. The van der Waals surface area contributed by atoms with Crippen LogP contribution in [-0.2, 0) is 9.59 Å². The number of aliphatic carboxylic acids is 1. The fourth-order valence-electron chi connectivity index (χ4n) is 3.03. The van der Waals surface area contributed by atoms with Gasteiger partial charge in [-0.2, -0.15) is 0 Å². The maximum absolute atomic E-state index is 11.6. The maximum Gasteiger partial charge on any atom is 0.328 e. The van der Waals surface area contributed by atoms with E-state index >= 15 is 0 Å². The minimum Gasteiger partial charge on any atom is -0.478 e. The van der Waals surface area contributed by atoms with Gasteiger partial charge in [-0.05, 0) is 36.4 Å². The molecule has 0 atom stereocenters. The number of hydrogen-bond donors (Lipinski definition) is 2. The Morgan fingerprint density at radius 1 is 0.929 bits per heavy atom. The Hall–Kier alpha value is -2.70. The second kappa shape index (κ2) is 8.99. The third kappa shape index (κ3) is 4.97. The number of carbonyl (C=O) groups is 2. The second-order valence-corrected chi connectivity index (χ2v) is 7.04. The molecule has 1 aliphatic heterocycles. The van der Waals surface area contributed by atoms with Gasteiger partial charge in [-0.15, -0.1) is 0 Å². The molecule has 0 radical (unpaired) electrons. The van der Waals surface area contributed by atoms with Gasteiger partial charge in [0.2, 0.25) is 5.91 Å². The van der Waals surface area contributed by atoms with Crippen molar-refractivity contribution >= 4 is 52.1 Å². The summed E-state index contributed by atoms with van der Waals surface area (Å²) in [5, 5.41) is 12.3. The molecule has 2 N–H and O–H groups in total. The predicted molar refractivity (Wildman–Crippen MR) is 113 cm³/mol. The molecule has 1 heterocycles. The van der Waals surface area contributed by atoms with Crippen molar-refractivity contribution in [1.29, 1.82) is 0 Å². The van der Waals surface area contributed by atoms with Gasteiger partial charge in [-0.3, -0.25) is 4.79 Å². The molecule has 0 bridgehead atoms. The van der Waals surface area contributed by atoms with Gasteiger partial charge in [-0.25, -0.2) is 4.79 Å². The maximum atomic E-state index is 11.6. The normalized spacial score (nSPS) is 14.4. The number of hydrogen-bond acceptors (Lipinski definition) is 4. The van der Waals surface area contributed by atoms with Crippen molar-refractivity contribution in [2.75, 3.05) is 41.3 Å². The van der Waals surface area contributed by atoms with Crippen LogP contribution in [0.2, 0.25) is 10.0 Å². The van der Waals surface area contributed by atoms with Crippen molar-refractivity contribution in [2.45, 2.75) is 0 Å². The summed E-state index contributed by atoms with van der Waals surface area (Å²) in [4.78, 5) is 26.5. The highest BCUT2D eigenvalue weighted by molar-refractivity contribution is 6.43. The predicted octanol–water partition coefficient (Wildman–Crippen LogP) is 3.90. The minimum atomic E-state index is -1.16. The highest BCUT2D eigenvalue weighted by Crippen LogP contribution is 2.33. The number of halogens is 2. The quantitative estimate of drug-likeness (QED) is 0.718. The van der Waals surface area contributed by atoms with Crippen molar-refractivity contribution in [3.05, 3.63) is 64.7 Å². The average Bonchev–Trinajstić information content (AvgIpc) is 2.69. The van der Waals surface area contributed by atoms with Gasteiger partial charge in [0.05, 0.1) is 15.7 Å². The smallest absolute Gasteiger partial charge is 0.328 e. The average molecular weight is 420 g/mol. The molecule has 3 rings (SSSR count). The number of carboxylic acids is 1. The standard InChI is InChI=1S/C20H19Cl2N3O3/c21-16-2-1-3-17(20(16)22)25-12-10-24(11-13-25)15-6-4-14(5-7-15)23-18(26)8-9-19(27)28/h1-9H,10-13H2,(H,23,26)(H,27,28)/b9-8+. The minimum absolute atomic E-state index is 0.484. The number of anilines is 3. The molecule has 0 unspecified atom stereocenters. The first kappa shape index (κ1) is 20.0. The zero-order valence-electron chi connectivity index (χ0n) is 14.9. The van der Waals surface area contributed by atoms with Gasteiger partial charge in [-0.1, -0.05) is 29.3 Å². The number of nitrogens with one attached hydrogen (secondary N) is 1. The molecule has 1 amide bonds. The van der Waals surface area contributed by atoms with E-state index in [1.807, 2.05) is 24.3 Å². The van der Waals surface area contributed by atoms with Gasteiger partial charge in [0.25, 0.3) is 0 Å². The summed E-state index contributed by atoms with van der Waals surface area (Å²) in [7, 11) is 0. The summed E-state index contributed by atoms with van der Waals surface area (Å²) >= 11 is 12.4. The lowest BCUT2D eigenvalue weighted by Crippen LogP contribution is -2.46. The summed E-state index contributed by atoms with van der Waals surface area (Å²) in [6, 6.07) is 13.1. The van der Waals surface area contributed by atoms with E-state index < -0.39 is 11.9 Å². The Labute approximate surface area is 173 Å².